The fourth-order valence-corrected chi connectivity index (χ4v) is 3.29. The van der Waals surface area contributed by atoms with E-state index in [1.165, 1.54) is 22.3 Å². The molecule has 0 aliphatic heterocycles. The van der Waals surface area contributed by atoms with Crippen molar-refractivity contribution in [3.05, 3.63) is 65.0 Å². The summed E-state index contributed by atoms with van der Waals surface area (Å²) >= 11 is 0. The molecular formula is C18H22N2. The molecule has 2 nitrogen and oxygen atoms in total. The van der Waals surface area contributed by atoms with E-state index in [1.807, 2.05) is 12.4 Å². The summed E-state index contributed by atoms with van der Waals surface area (Å²) in [5.41, 5.74) is 5.81. The van der Waals surface area contributed by atoms with Crippen LogP contribution < -0.4 is 5.32 Å². The van der Waals surface area contributed by atoms with Gasteiger partial charge in [0.15, 0.2) is 0 Å². The smallest absolute Gasteiger partial charge is 0.0380 e. The molecule has 0 bridgehead atoms. The Balaban J connectivity index is 1.82. The Morgan fingerprint density at radius 3 is 2.85 bits per heavy atom. The maximum absolute atomic E-state index is 4.16. The van der Waals surface area contributed by atoms with Crippen molar-refractivity contribution in [2.24, 2.45) is 5.41 Å². The number of hydrogen-bond acceptors (Lipinski definition) is 2. The lowest BCUT2D eigenvalue weighted by Crippen LogP contribution is -2.31. The van der Waals surface area contributed by atoms with Crippen LogP contribution in [-0.4, -0.2) is 4.98 Å². The molecule has 1 N–H and O–H groups in total. The van der Waals surface area contributed by atoms with Crippen molar-refractivity contribution >= 4 is 0 Å². The van der Waals surface area contributed by atoms with Crippen LogP contribution in [0, 0.1) is 12.3 Å². The van der Waals surface area contributed by atoms with Crippen LogP contribution in [0.3, 0.4) is 0 Å². The minimum atomic E-state index is 0.268. The van der Waals surface area contributed by atoms with Gasteiger partial charge in [0.05, 0.1) is 0 Å². The third kappa shape index (κ3) is 2.36. The number of hydrogen-bond donors (Lipinski definition) is 1. The Labute approximate surface area is 121 Å². The van der Waals surface area contributed by atoms with Gasteiger partial charge in [0.1, 0.15) is 0 Å². The van der Waals surface area contributed by atoms with Gasteiger partial charge in [-0.2, -0.15) is 0 Å². The van der Waals surface area contributed by atoms with Crippen molar-refractivity contribution in [3.63, 3.8) is 0 Å². The average molecular weight is 266 g/mol. The number of nitrogens with zero attached hydrogens (tertiary/aromatic N) is 1. The SMILES string of the molecule is Cc1cnccc1CNC1c2ccccc2CC1(C)C. The van der Waals surface area contributed by atoms with Crippen molar-refractivity contribution in [3.8, 4) is 0 Å². The van der Waals surface area contributed by atoms with E-state index >= 15 is 0 Å². The summed E-state index contributed by atoms with van der Waals surface area (Å²) in [6.45, 7) is 7.72. The predicted octanol–water partition coefficient (Wildman–Crippen LogP) is 3.80. The number of fused-ring (bicyclic) bond motifs is 1. The molecule has 1 aliphatic rings. The molecule has 3 rings (SSSR count). The Morgan fingerprint density at radius 1 is 1.25 bits per heavy atom. The number of benzene rings is 1. The third-order valence-electron chi connectivity index (χ3n) is 4.43. The summed E-state index contributed by atoms with van der Waals surface area (Å²) in [4.78, 5) is 4.16. The normalized spacial score (nSPS) is 19.9. The van der Waals surface area contributed by atoms with Crippen LogP contribution in [-0.2, 0) is 13.0 Å². The Kier molecular flexibility index (Phi) is 3.35. The summed E-state index contributed by atoms with van der Waals surface area (Å²) in [5, 5.41) is 3.76. The van der Waals surface area contributed by atoms with Crippen LogP contribution in [0.15, 0.2) is 42.7 Å². The van der Waals surface area contributed by atoms with Crippen LogP contribution in [0.5, 0.6) is 0 Å². The molecule has 2 heteroatoms. The molecule has 20 heavy (non-hydrogen) atoms. The fourth-order valence-electron chi connectivity index (χ4n) is 3.29. The first-order valence-electron chi connectivity index (χ1n) is 7.28. The van der Waals surface area contributed by atoms with Gasteiger partial charge in [-0.1, -0.05) is 38.1 Å². The number of aryl methyl sites for hydroxylation is 1. The zero-order valence-electron chi connectivity index (χ0n) is 12.5. The molecule has 0 saturated heterocycles. The van der Waals surface area contributed by atoms with E-state index in [2.05, 4.69) is 61.4 Å². The van der Waals surface area contributed by atoms with Crippen LogP contribution >= 0.6 is 0 Å². The highest BCUT2D eigenvalue weighted by molar-refractivity contribution is 5.37. The van der Waals surface area contributed by atoms with E-state index in [-0.39, 0.29) is 5.41 Å². The predicted molar refractivity (Wildman–Crippen MR) is 82.5 cm³/mol. The first-order chi connectivity index (χ1) is 9.58. The van der Waals surface area contributed by atoms with Gasteiger partial charge < -0.3 is 5.32 Å². The Bertz CT molecular complexity index is 616. The molecule has 0 saturated carbocycles. The molecule has 1 aliphatic carbocycles. The standard InChI is InChI=1S/C18H22N2/c1-13-11-19-9-8-15(13)12-20-17-16-7-5-4-6-14(16)10-18(17,2)3/h4-9,11,17,20H,10,12H2,1-3H3. The second kappa shape index (κ2) is 5.02. The Morgan fingerprint density at radius 2 is 2.05 bits per heavy atom. The molecule has 0 amide bonds. The monoisotopic (exact) mass is 266 g/mol. The molecule has 1 aromatic carbocycles. The fraction of sp³-hybridized carbons (Fsp3) is 0.389. The Hall–Kier alpha value is -1.67. The lowest BCUT2D eigenvalue weighted by atomic mass is 9.85. The third-order valence-corrected chi connectivity index (χ3v) is 4.43. The van der Waals surface area contributed by atoms with Crippen molar-refractivity contribution in [2.75, 3.05) is 0 Å². The number of pyridine rings is 1. The lowest BCUT2D eigenvalue weighted by Gasteiger charge is -2.29. The first-order valence-corrected chi connectivity index (χ1v) is 7.28. The van der Waals surface area contributed by atoms with Gasteiger partial charge in [0.25, 0.3) is 0 Å². The van der Waals surface area contributed by atoms with Crippen LogP contribution in [0.4, 0.5) is 0 Å². The topological polar surface area (TPSA) is 24.9 Å². The van der Waals surface area contributed by atoms with Crippen molar-refractivity contribution in [2.45, 2.75) is 39.8 Å². The summed E-state index contributed by atoms with van der Waals surface area (Å²) < 4.78 is 0. The molecular weight excluding hydrogens is 244 g/mol. The molecule has 0 radical (unpaired) electrons. The van der Waals surface area contributed by atoms with Crippen molar-refractivity contribution in [1.82, 2.24) is 10.3 Å². The number of rotatable bonds is 3. The minimum absolute atomic E-state index is 0.268. The van der Waals surface area contributed by atoms with Crippen LogP contribution in [0.25, 0.3) is 0 Å². The van der Waals surface area contributed by atoms with E-state index < -0.39 is 0 Å². The van der Waals surface area contributed by atoms with Gasteiger partial charge in [-0.05, 0) is 47.1 Å². The molecule has 0 fully saturated rings. The van der Waals surface area contributed by atoms with Gasteiger partial charge in [-0.15, -0.1) is 0 Å². The summed E-state index contributed by atoms with van der Waals surface area (Å²) in [6, 6.07) is 11.3. The van der Waals surface area contributed by atoms with Crippen LogP contribution in [0.2, 0.25) is 0 Å². The van der Waals surface area contributed by atoms with Gasteiger partial charge >= 0.3 is 0 Å². The highest BCUT2D eigenvalue weighted by Crippen LogP contribution is 2.45. The molecule has 1 unspecified atom stereocenters. The van der Waals surface area contributed by atoms with Crippen molar-refractivity contribution in [1.29, 1.82) is 0 Å². The average Bonchev–Trinajstić information content (AvgIpc) is 2.68. The maximum atomic E-state index is 4.16. The van der Waals surface area contributed by atoms with E-state index in [4.69, 9.17) is 0 Å². The number of aromatic nitrogens is 1. The van der Waals surface area contributed by atoms with Gasteiger partial charge in [0.2, 0.25) is 0 Å². The van der Waals surface area contributed by atoms with Gasteiger partial charge in [-0.25, -0.2) is 0 Å². The largest absolute Gasteiger partial charge is 0.305 e. The van der Waals surface area contributed by atoms with E-state index in [9.17, 15) is 0 Å². The van der Waals surface area contributed by atoms with E-state index in [0.29, 0.717) is 6.04 Å². The summed E-state index contributed by atoms with van der Waals surface area (Å²) in [5.74, 6) is 0. The summed E-state index contributed by atoms with van der Waals surface area (Å²) in [6.07, 6.45) is 4.96. The van der Waals surface area contributed by atoms with Crippen LogP contribution in [0.1, 0.15) is 42.1 Å². The molecule has 0 spiro atoms. The highest BCUT2D eigenvalue weighted by atomic mass is 14.9. The van der Waals surface area contributed by atoms with E-state index in [1.54, 1.807) is 0 Å². The second-order valence-electron chi connectivity index (χ2n) is 6.48. The molecule has 1 atom stereocenters. The van der Waals surface area contributed by atoms with Gasteiger partial charge in [0, 0.05) is 25.0 Å². The first kappa shape index (κ1) is 13.3. The molecule has 2 aromatic rings. The zero-order chi connectivity index (χ0) is 14.2. The maximum Gasteiger partial charge on any atom is 0.0380 e. The summed E-state index contributed by atoms with van der Waals surface area (Å²) in [7, 11) is 0. The van der Waals surface area contributed by atoms with Gasteiger partial charge in [-0.3, -0.25) is 4.98 Å². The lowest BCUT2D eigenvalue weighted by molar-refractivity contribution is 0.268. The minimum Gasteiger partial charge on any atom is -0.305 e. The van der Waals surface area contributed by atoms with Crippen molar-refractivity contribution < 1.29 is 0 Å². The quantitative estimate of drug-likeness (QED) is 0.914. The number of nitrogens with one attached hydrogen (secondary N) is 1. The molecule has 1 aromatic heterocycles. The highest BCUT2D eigenvalue weighted by Gasteiger charge is 2.38. The molecule has 1 heterocycles. The van der Waals surface area contributed by atoms with E-state index in [0.717, 1.165) is 13.0 Å². The molecule has 104 valence electrons. The second-order valence-corrected chi connectivity index (χ2v) is 6.48. The zero-order valence-corrected chi connectivity index (χ0v) is 12.5.